The fraction of sp³-hybridized carbons (Fsp3) is 0.200. The van der Waals surface area contributed by atoms with E-state index in [-0.39, 0.29) is 23.3 Å². The smallest absolute Gasteiger partial charge is 0.381 e. The Morgan fingerprint density at radius 3 is 2.55 bits per heavy atom. The number of Topliss-reactive ketones (excluding diaryl/α,β-unsaturated/α-hetero) is 1. The topological polar surface area (TPSA) is 85.4 Å². The SMILES string of the molecule is CCOC(=O)C(=O)c1csc(NC(=O)c2ccc(C)cc2)n1. The van der Waals surface area contributed by atoms with Gasteiger partial charge in [0.15, 0.2) is 5.13 Å². The second-order valence-electron chi connectivity index (χ2n) is 4.41. The molecule has 6 nitrogen and oxygen atoms in total. The third-order valence-electron chi connectivity index (χ3n) is 2.73. The van der Waals surface area contributed by atoms with Crippen molar-refractivity contribution >= 4 is 34.1 Å². The number of benzene rings is 1. The largest absolute Gasteiger partial charge is 0.460 e. The molecule has 1 amide bonds. The Balaban J connectivity index is 2.05. The number of rotatable bonds is 5. The molecule has 2 rings (SSSR count). The lowest BCUT2D eigenvalue weighted by atomic mass is 10.1. The Bertz CT molecular complexity index is 707. The van der Waals surface area contributed by atoms with Gasteiger partial charge in [0.05, 0.1) is 6.61 Å². The predicted octanol–water partition coefficient (Wildman–Crippen LogP) is 2.45. The van der Waals surface area contributed by atoms with E-state index in [1.165, 1.54) is 5.38 Å². The minimum atomic E-state index is -0.954. The minimum Gasteiger partial charge on any atom is -0.460 e. The highest BCUT2D eigenvalue weighted by Gasteiger charge is 2.21. The molecule has 0 spiro atoms. The zero-order valence-electron chi connectivity index (χ0n) is 12.1. The van der Waals surface area contributed by atoms with E-state index >= 15 is 0 Å². The first-order chi connectivity index (χ1) is 10.5. The maximum absolute atomic E-state index is 12.0. The number of nitrogens with one attached hydrogen (secondary N) is 1. The van der Waals surface area contributed by atoms with E-state index in [0.29, 0.717) is 5.56 Å². The van der Waals surface area contributed by atoms with E-state index in [1.807, 2.05) is 19.1 Å². The number of anilines is 1. The van der Waals surface area contributed by atoms with Gasteiger partial charge < -0.3 is 4.74 Å². The summed E-state index contributed by atoms with van der Waals surface area (Å²) < 4.78 is 4.62. The van der Waals surface area contributed by atoms with Gasteiger partial charge in [0.25, 0.3) is 11.7 Å². The lowest BCUT2D eigenvalue weighted by Crippen LogP contribution is -2.18. The average Bonchev–Trinajstić information content (AvgIpc) is 2.95. The van der Waals surface area contributed by atoms with Crippen LogP contribution in [0.3, 0.4) is 0 Å². The number of thiazole rings is 1. The highest BCUT2D eigenvalue weighted by Crippen LogP contribution is 2.17. The molecular formula is C15H14N2O4S. The molecular weight excluding hydrogens is 304 g/mol. The van der Waals surface area contributed by atoms with Crippen molar-refractivity contribution in [3.63, 3.8) is 0 Å². The van der Waals surface area contributed by atoms with Crippen LogP contribution in [0.2, 0.25) is 0 Å². The molecule has 7 heteroatoms. The van der Waals surface area contributed by atoms with E-state index in [9.17, 15) is 14.4 Å². The van der Waals surface area contributed by atoms with Gasteiger partial charge in [-0.05, 0) is 26.0 Å². The fourth-order valence-corrected chi connectivity index (χ4v) is 2.30. The van der Waals surface area contributed by atoms with Crippen LogP contribution < -0.4 is 5.32 Å². The van der Waals surface area contributed by atoms with E-state index in [1.54, 1.807) is 19.1 Å². The number of aryl methyl sites for hydroxylation is 1. The van der Waals surface area contributed by atoms with Crippen molar-refractivity contribution < 1.29 is 19.1 Å². The van der Waals surface area contributed by atoms with Crippen LogP contribution in [0.1, 0.15) is 33.3 Å². The van der Waals surface area contributed by atoms with Crippen molar-refractivity contribution in [2.45, 2.75) is 13.8 Å². The van der Waals surface area contributed by atoms with Crippen LogP contribution in [-0.4, -0.2) is 29.3 Å². The zero-order valence-corrected chi connectivity index (χ0v) is 12.9. The zero-order chi connectivity index (χ0) is 16.1. The molecule has 0 atom stereocenters. The van der Waals surface area contributed by atoms with Gasteiger partial charge in [-0.15, -0.1) is 11.3 Å². The van der Waals surface area contributed by atoms with Crippen molar-refractivity contribution in [2.75, 3.05) is 11.9 Å². The van der Waals surface area contributed by atoms with E-state index in [2.05, 4.69) is 15.0 Å². The molecule has 0 saturated carbocycles. The number of carbonyl (C=O) groups is 3. The van der Waals surface area contributed by atoms with Gasteiger partial charge >= 0.3 is 5.97 Å². The van der Waals surface area contributed by atoms with Gasteiger partial charge in [-0.2, -0.15) is 0 Å². The molecule has 114 valence electrons. The summed E-state index contributed by atoms with van der Waals surface area (Å²) in [4.78, 5) is 39.0. The van der Waals surface area contributed by atoms with Crippen LogP contribution in [-0.2, 0) is 9.53 Å². The fourth-order valence-electron chi connectivity index (χ4n) is 1.61. The minimum absolute atomic E-state index is 0.0392. The molecule has 0 aliphatic rings. The van der Waals surface area contributed by atoms with Crippen LogP contribution in [0.15, 0.2) is 29.6 Å². The first kappa shape index (κ1) is 15.8. The molecule has 1 heterocycles. The van der Waals surface area contributed by atoms with Gasteiger partial charge in [-0.1, -0.05) is 17.7 Å². The summed E-state index contributed by atoms with van der Waals surface area (Å²) in [5.74, 6) is -2.11. The number of ether oxygens (including phenoxy) is 1. The first-order valence-corrected chi connectivity index (χ1v) is 7.44. The molecule has 0 saturated heterocycles. The molecule has 2 aromatic rings. The molecule has 0 radical (unpaired) electrons. The Morgan fingerprint density at radius 2 is 1.91 bits per heavy atom. The lowest BCUT2D eigenvalue weighted by molar-refractivity contribution is -0.137. The molecule has 0 unspecified atom stereocenters. The molecule has 0 aliphatic carbocycles. The summed E-state index contributed by atoms with van der Waals surface area (Å²) in [6.45, 7) is 3.65. The number of hydrogen-bond donors (Lipinski definition) is 1. The summed E-state index contributed by atoms with van der Waals surface area (Å²) in [6.07, 6.45) is 0. The van der Waals surface area contributed by atoms with Crippen LogP contribution >= 0.6 is 11.3 Å². The number of carbonyl (C=O) groups excluding carboxylic acids is 3. The summed E-state index contributed by atoms with van der Waals surface area (Å²) in [6, 6.07) is 7.05. The third kappa shape index (κ3) is 3.76. The van der Waals surface area contributed by atoms with Crippen molar-refractivity contribution in [3.8, 4) is 0 Å². The molecule has 1 N–H and O–H groups in total. The van der Waals surface area contributed by atoms with Gasteiger partial charge in [-0.25, -0.2) is 9.78 Å². The number of esters is 1. The van der Waals surface area contributed by atoms with Crippen molar-refractivity contribution in [1.29, 1.82) is 0 Å². The summed E-state index contributed by atoms with van der Waals surface area (Å²) in [7, 11) is 0. The van der Waals surface area contributed by atoms with Crippen LogP contribution in [0.4, 0.5) is 5.13 Å². The molecule has 0 aliphatic heterocycles. The standard InChI is InChI=1S/C15H14N2O4S/c1-3-21-14(20)12(18)11-8-22-15(16-11)17-13(19)10-6-4-9(2)5-7-10/h4-8H,3H2,1-2H3,(H,16,17,19). The molecule has 22 heavy (non-hydrogen) atoms. The summed E-state index contributed by atoms with van der Waals surface area (Å²) >= 11 is 1.07. The molecule has 1 aromatic heterocycles. The lowest BCUT2D eigenvalue weighted by Gasteiger charge is -2.02. The predicted molar refractivity (Wildman–Crippen MR) is 82.2 cm³/mol. The summed E-state index contributed by atoms with van der Waals surface area (Å²) in [5.41, 5.74) is 1.50. The monoisotopic (exact) mass is 318 g/mol. The van der Waals surface area contributed by atoms with Crippen LogP contribution in [0.5, 0.6) is 0 Å². The Morgan fingerprint density at radius 1 is 1.23 bits per heavy atom. The quantitative estimate of drug-likeness (QED) is 0.520. The molecule has 1 aromatic carbocycles. The van der Waals surface area contributed by atoms with Gasteiger partial charge in [0.2, 0.25) is 0 Å². The van der Waals surface area contributed by atoms with Crippen LogP contribution in [0.25, 0.3) is 0 Å². The third-order valence-corrected chi connectivity index (χ3v) is 3.49. The maximum Gasteiger partial charge on any atom is 0.381 e. The average molecular weight is 318 g/mol. The second-order valence-corrected chi connectivity index (χ2v) is 5.27. The number of amides is 1. The van der Waals surface area contributed by atoms with E-state index in [4.69, 9.17) is 0 Å². The van der Waals surface area contributed by atoms with Crippen molar-refractivity contribution in [3.05, 3.63) is 46.5 Å². The number of hydrogen-bond acceptors (Lipinski definition) is 6. The number of nitrogens with zero attached hydrogens (tertiary/aromatic N) is 1. The first-order valence-electron chi connectivity index (χ1n) is 6.56. The summed E-state index contributed by atoms with van der Waals surface area (Å²) in [5, 5.41) is 4.24. The number of ketones is 1. The normalized spacial score (nSPS) is 10.1. The number of aromatic nitrogens is 1. The van der Waals surface area contributed by atoms with Gasteiger partial charge in [0.1, 0.15) is 5.69 Å². The highest BCUT2D eigenvalue weighted by molar-refractivity contribution is 7.14. The van der Waals surface area contributed by atoms with Gasteiger partial charge in [0, 0.05) is 10.9 Å². The molecule has 0 fully saturated rings. The van der Waals surface area contributed by atoms with E-state index in [0.717, 1.165) is 16.9 Å². The van der Waals surface area contributed by atoms with Crippen molar-refractivity contribution in [2.24, 2.45) is 0 Å². The molecule has 0 bridgehead atoms. The Kier molecular flexibility index (Phi) is 5.00. The Labute approximate surface area is 131 Å². The van der Waals surface area contributed by atoms with E-state index < -0.39 is 11.8 Å². The highest BCUT2D eigenvalue weighted by atomic mass is 32.1. The second kappa shape index (κ2) is 6.95. The van der Waals surface area contributed by atoms with Crippen molar-refractivity contribution in [1.82, 2.24) is 4.98 Å². The maximum atomic E-state index is 12.0. The Hall–Kier alpha value is -2.54. The van der Waals surface area contributed by atoms with Crippen LogP contribution in [0, 0.1) is 6.92 Å². The van der Waals surface area contributed by atoms with Gasteiger partial charge in [-0.3, -0.25) is 14.9 Å².